The van der Waals surface area contributed by atoms with Crippen LogP contribution in [-0.4, -0.2) is 24.3 Å². The van der Waals surface area contributed by atoms with Gasteiger partial charge in [-0.05, 0) is 31.9 Å². The number of Topliss-reactive ketones (excluding diaryl/α,β-unsaturated/α-hetero) is 1. The second-order valence-electron chi connectivity index (χ2n) is 5.98. The van der Waals surface area contributed by atoms with Crippen LogP contribution in [0.25, 0.3) is 0 Å². The molecule has 0 aliphatic heterocycles. The van der Waals surface area contributed by atoms with Gasteiger partial charge >= 0.3 is 0 Å². The summed E-state index contributed by atoms with van der Waals surface area (Å²) in [5.74, 6) is 0.462. The van der Waals surface area contributed by atoms with Crippen LogP contribution in [-0.2, 0) is 4.79 Å². The Morgan fingerprint density at radius 2 is 1.82 bits per heavy atom. The second-order valence-corrected chi connectivity index (χ2v) is 5.98. The quantitative estimate of drug-likeness (QED) is 0.847. The lowest BCUT2D eigenvalue weighted by Crippen LogP contribution is -2.38. The van der Waals surface area contributed by atoms with Gasteiger partial charge in [-0.25, -0.2) is 0 Å². The van der Waals surface area contributed by atoms with E-state index in [1.165, 1.54) is 39.0 Å². The van der Waals surface area contributed by atoms with Crippen LogP contribution in [0.1, 0.15) is 62.2 Å². The molecule has 1 aliphatic carbocycles. The molecule has 120 valence electrons. The van der Waals surface area contributed by atoms with Crippen molar-refractivity contribution in [3.05, 3.63) is 29.8 Å². The second kappa shape index (κ2) is 8.57. The Morgan fingerprint density at radius 3 is 2.50 bits per heavy atom. The minimum atomic E-state index is -0.0844. The molecule has 4 nitrogen and oxygen atoms in total. The molecule has 1 aromatic rings. The zero-order valence-electron chi connectivity index (χ0n) is 13.3. The van der Waals surface area contributed by atoms with Gasteiger partial charge in [0, 0.05) is 11.6 Å². The van der Waals surface area contributed by atoms with Crippen molar-refractivity contribution in [1.29, 1.82) is 0 Å². The molecule has 0 radical (unpaired) electrons. The van der Waals surface area contributed by atoms with Crippen LogP contribution in [0.4, 0.5) is 0 Å². The standard InChI is InChI=1S/C18H25NO3/c1-14(20)15-8-7-11-17(12-15)22-13-18(21)19-16-9-5-3-2-4-6-10-16/h7-8,11-12,16H,2-6,9-10,13H2,1H3,(H,19,21). The molecule has 0 atom stereocenters. The Balaban J connectivity index is 1.79. The van der Waals surface area contributed by atoms with Crippen molar-refractivity contribution in [2.45, 2.75) is 57.9 Å². The number of carbonyl (C=O) groups excluding carboxylic acids is 2. The van der Waals surface area contributed by atoms with E-state index >= 15 is 0 Å². The van der Waals surface area contributed by atoms with Crippen molar-refractivity contribution in [2.24, 2.45) is 0 Å². The Hall–Kier alpha value is -1.84. The van der Waals surface area contributed by atoms with Crippen molar-refractivity contribution in [2.75, 3.05) is 6.61 Å². The average molecular weight is 303 g/mol. The molecule has 1 fully saturated rings. The molecule has 0 aromatic heterocycles. The van der Waals surface area contributed by atoms with Crippen molar-refractivity contribution >= 4 is 11.7 Å². The molecule has 2 rings (SSSR count). The normalized spacial score (nSPS) is 16.4. The summed E-state index contributed by atoms with van der Waals surface area (Å²) < 4.78 is 5.49. The zero-order chi connectivity index (χ0) is 15.8. The SMILES string of the molecule is CC(=O)c1cccc(OCC(=O)NC2CCCCCCC2)c1. The number of hydrogen-bond acceptors (Lipinski definition) is 3. The molecule has 0 unspecified atom stereocenters. The molecule has 0 heterocycles. The minimum Gasteiger partial charge on any atom is -0.484 e. The van der Waals surface area contributed by atoms with Crippen molar-refractivity contribution in [3.8, 4) is 5.75 Å². The molecule has 4 heteroatoms. The molecule has 1 N–H and O–H groups in total. The minimum absolute atomic E-state index is 0.00212. The highest BCUT2D eigenvalue weighted by atomic mass is 16.5. The lowest BCUT2D eigenvalue weighted by atomic mass is 9.97. The summed E-state index contributed by atoms with van der Waals surface area (Å²) in [6, 6.07) is 7.21. The first kappa shape index (κ1) is 16.5. The molecule has 1 aliphatic rings. The van der Waals surface area contributed by atoms with E-state index in [9.17, 15) is 9.59 Å². The number of nitrogens with one attached hydrogen (secondary N) is 1. The maximum atomic E-state index is 12.0. The van der Waals surface area contributed by atoms with Gasteiger partial charge in [-0.3, -0.25) is 9.59 Å². The number of ketones is 1. The maximum absolute atomic E-state index is 12.0. The van der Waals surface area contributed by atoms with Crippen LogP contribution >= 0.6 is 0 Å². The van der Waals surface area contributed by atoms with Crippen LogP contribution in [0.2, 0.25) is 0 Å². The molecule has 1 saturated carbocycles. The van der Waals surface area contributed by atoms with Gasteiger partial charge in [0.1, 0.15) is 5.75 Å². The highest BCUT2D eigenvalue weighted by molar-refractivity contribution is 5.94. The van der Waals surface area contributed by atoms with Crippen LogP contribution in [0, 0.1) is 0 Å². The fraction of sp³-hybridized carbons (Fsp3) is 0.556. The molecular formula is C18H25NO3. The highest BCUT2D eigenvalue weighted by Crippen LogP contribution is 2.17. The molecule has 0 spiro atoms. The summed E-state index contributed by atoms with van der Waals surface area (Å²) in [5.41, 5.74) is 0.595. The van der Waals surface area contributed by atoms with E-state index in [0.717, 1.165) is 12.8 Å². The van der Waals surface area contributed by atoms with Crippen molar-refractivity contribution in [3.63, 3.8) is 0 Å². The number of hydrogen-bond donors (Lipinski definition) is 1. The fourth-order valence-corrected chi connectivity index (χ4v) is 2.82. The number of carbonyl (C=O) groups is 2. The Labute approximate surface area is 132 Å². The Morgan fingerprint density at radius 1 is 1.14 bits per heavy atom. The molecule has 1 aromatic carbocycles. The third kappa shape index (κ3) is 5.51. The molecule has 22 heavy (non-hydrogen) atoms. The first-order chi connectivity index (χ1) is 10.6. The van der Waals surface area contributed by atoms with Crippen LogP contribution in [0.3, 0.4) is 0 Å². The lowest BCUT2D eigenvalue weighted by Gasteiger charge is -2.21. The third-order valence-corrected chi connectivity index (χ3v) is 4.08. The van der Waals surface area contributed by atoms with Crippen LogP contribution in [0.15, 0.2) is 24.3 Å². The fourth-order valence-electron chi connectivity index (χ4n) is 2.82. The van der Waals surface area contributed by atoms with Gasteiger partial charge in [0.15, 0.2) is 12.4 Å². The molecule has 0 saturated heterocycles. The highest BCUT2D eigenvalue weighted by Gasteiger charge is 2.14. The summed E-state index contributed by atoms with van der Waals surface area (Å²) in [4.78, 5) is 23.3. The van der Waals surface area contributed by atoms with Gasteiger partial charge in [-0.2, -0.15) is 0 Å². The first-order valence-electron chi connectivity index (χ1n) is 8.18. The van der Waals surface area contributed by atoms with Crippen molar-refractivity contribution < 1.29 is 14.3 Å². The van der Waals surface area contributed by atoms with E-state index in [-0.39, 0.29) is 24.3 Å². The van der Waals surface area contributed by atoms with E-state index in [2.05, 4.69) is 5.32 Å². The van der Waals surface area contributed by atoms with Gasteiger partial charge < -0.3 is 10.1 Å². The summed E-state index contributed by atoms with van der Waals surface area (Å²) >= 11 is 0. The Kier molecular flexibility index (Phi) is 6.44. The van der Waals surface area contributed by atoms with Crippen LogP contribution in [0.5, 0.6) is 5.75 Å². The number of amides is 1. The molecule has 0 bridgehead atoms. The summed E-state index contributed by atoms with van der Waals surface area (Å²) in [6.45, 7) is 1.51. The summed E-state index contributed by atoms with van der Waals surface area (Å²) in [6.07, 6.45) is 8.34. The van der Waals surface area contributed by atoms with E-state index in [0.29, 0.717) is 11.3 Å². The first-order valence-corrected chi connectivity index (χ1v) is 8.18. The predicted molar refractivity (Wildman–Crippen MR) is 86.2 cm³/mol. The average Bonchev–Trinajstić information content (AvgIpc) is 2.48. The smallest absolute Gasteiger partial charge is 0.258 e. The molecular weight excluding hydrogens is 278 g/mol. The largest absolute Gasteiger partial charge is 0.484 e. The topological polar surface area (TPSA) is 55.4 Å². The number of rotatable bonds is 5. The van der Waals surface area contributed by atoms with E-state index in [1.54, 1.807) is 24.3 Å². The van der Waals surface area contributed by atoms with E-state index < -0.39 is 0 Å². The predicted octanol–water partition coefficient (Wildman–Crippen LogP) is 3.50. The number of ether oxygens (including phenoxy) is 1. The monoisotopic (exact) mass is 303 g/mol. The zero-order valence-corrected chi connectivity index (χ0v) is 13.3. The maximum Gasteiger partial charge on any atom is 0.258 e. The van der Waals surface area contributed by atoms with Gasteiger partial charge in [-0.1, -0.05) is 44.2 Å². The van der Waals surface area contributed by atoms with E-state index in [4.69, 9.17) is 4.74 Å². The molecule has 1 amide bonds. The summed E-state index contributed by atoms with van der Waals surface area (Å²) in [5, 5.41) is 3.06. The third-order valence-electron chi connectivity index (χ3n) is 4.08. The van der Waals surface area contributed by atoms with Crippen molar-refractivity contribution in [1.82, 2.24) is 5.32 Å². The lowest BCUT2D eigenvalue weighted by molar-refractivity contribution is -0.123. The van der Waals surface area contributed by atoms with Gasteiger partial charge in [0.25, 0.3) is 5.91 Å². The van der Waals surface area contributed by atoms with Gasteiger partial charge in [0.05, 0.1) is 0 Å². The van der Waals surface area contributed by atoms with Gasteiger partial charge in [0.2, 0.25) is 0 Å². The number of benzene rings is 1. The Bertz CT molecular complexity index is 505. The van der Waals surface area contributed by atoms with Crippen LogP contribution < -0.4 is 10.1 Å². The van der Waals surface area contributed by atoms with E-state index in [1.807, 2.05) is 0 Å². The van der Waals surface area contributed by atoms with Gasteiger partial charge in [-0.15, -0.1) is 0 Å². The summed E-state index contributed by atoms with van der Waals surface area (Å²) in [7, 11) is 0.